The molecule has 8 heteroatoms. The Morgan fingerprint density at radius 2 is 2.04 bits per heavy atom. The van der Waals surface area contributed by atoms with Crippen molar-refractivity contribution in [1.29, 1.82) is 0 Å². The predicted octanol–water partition coefficient (Wildman–Crippen LogP) is 2.22. The summed E-state index contributed by atoms with van der Waals surface area (Å²) < 4.78 is 6.45. The highest BCUT2D eigenvalue weighted by Gasteiger charge is 2.01. The van der Waals surface area contributed by atoms with Gasteiger partial charge in [-0.25, -0.2) is 4.99 Å². The number of aryl methyl sites for hydroxylation is 1. The molecule has 1 heterocycles. The van der Waals surface area contributed by atoms with E-state index in [9.17, 15) is 4.79 Å². The molecule has 0 unspecified atom stereocenters. The van der Waals surface area contributed by atoms with Gasteiger partial charge in [-0.1, -0.05) is 12.8 Å². The summed E-state index contributed by atoms with van der Waals surface area (Å²) >= 11 is 0. The van der Waals surface area contributed by atoms with E-state index in [2.05, 4.69) is 25.5 Å². The van der Waals surface area contributed by atoms with E-state index in [1.807, 2.05) is 24.7 Å². The molecule has 1 rings (SSSR count). The molecule has 138 valence electrons. The third kappa shape index (κ3) is 9.74. The average molecular weight is 451 g/mol. The molecule has 0 saturated heterocycles. The fourth-order valence-corrected chi connectivity index (χ4v) is 2.11. The van der Waals surface area contributed by atoms with Gasteiger partial charge in [0.25, 0.3) is 0 Å². The minimum Gasteiger partial charge on any atom is -0.469 e. The zero-order valence-corrected chi connectivity index (χ0v) is 17.2. The monoisotopic (exact) mass is 451 g/mol. The quantitative estimate of drug-likeness (QED) is 0.188. The number of carbonyl (C=O) groups excluding carboxylic acids is 1. The Morgan fingerprint density at radius 3 is 2.67 bits per heavy atom. The molecule has 0 radical (unpaired) electrons. The summed E-state index contributed by atoms with van der Waals surface area (Å²) in [4.78, 5) is 15.5. The zero-order valence-electron chi connectivity index (χ0n) is 14.9. The van der Waals surface area contributed by atoms with Gasteiger partial charge in [0.1, 0.15) is 0 Å². The first-order valence-corrected chi connectivity index (χ1v) is 8.23. The molecular weight excluding hydrogens is 421 g/mol. The molecule has 0 aliphatic carbocycles. The maximum atomic E-state index is 11.0. The summed E-state index contributed by atoms with van der Waals surface area (Å²) in [6.07, 6.45) is 6.36. The highest BCUT2D eigenvalue weighted by atomic mass is 127. The van der Waals surface area contributed by atoms with E-state index >= 15 is 0 Å². The Bertz CT molecular complexity index is 491. The lowest BCUT2D eigenvalue weighted by atomic mass is 10.1. The van der Waals surface area contributed by atoms with Crippen LogP contribution in [0.25, 0.3) is 0 Å². The standard InChI is InChI=1S/C16H29N5O2.HI/c1-4-17-16(19-13-14-10-12-20-21(14)2)18-11-8-6-5-7-9-15(22)23-3;/h10,12H,4-9,11,13H2,1-3H3,(H2,17,18,19);1H. The van der Waals surface area contributed by atoms with Crippen molar-refractivity contribution in [3.05, 3.63) is 18.0 Å². The average Bonchev–Trinajstić information content (AvgIpc) is 2.96. The molecule has 2 N–H and O–H groups in total. The van der Waals surface area contributed by atoms with Crippen LogP contribution in [-0.4, -0.2) is 41.9 Å². The van der Waals surface area contributed by atoms with Crippen LogP contribution in [0.2, 0.25) is 0 Å². The number of rotatable bonds is 10. The number of aromatic nitrogens is 2. The maximum Gasteiger partial charge on any atom is 0.305 e. The van der Waals surface area contributed by atoms with Crippen LogP contribution in [0.4, 0.5) is 0 Å². The Kier molecular flexibility index (Phi) is 13.3. The van der Waals surface area contributed by atoms with Gasteiger partial charge >= 0.3 is 5.97 Å². The van der Waals surface area contributed by atoms with Crippen LogP contribution >= 0.6 is 24.0 Å². The number of nitrogens with one attached hydrogen (secondary N) is 2. The first-order chi connectivity index (χ1) is 11.2. The molecule has 0 aliphatic heterocycles. The number of hydrogen-bond acceptors (Lipinski definition) is 4. The van der Waals surface area contributed by atoms with E-state index in [1.54, 1.807) is 6.20 Å². The summed E-state index contributed by atoms with van der Waals surface area (Å²) in [5.41, 5.74) is 1.07. The van der Waals surface area contributed by atoms with Gasteiger partial charge in [0.15, 0.2) is 5.96 Å². The van der Waals surface area contributed by atoms with E-state index < -0.39 is 0 Å². The number of unbranched alkanes of at least 4 members (excludes halogenated alkanes) is 3. The lowest BCUT2D eigenvalue weighted by Gasteiger charge is -2.11. The normalized spacial score (nSPS) is 10.9. The lowest BCUT2D eigenvalue weighted by Crippen LogP contribution is -2.37. The summed E-state index contributed by atoms with van der Waals surface area (Å²) in [6.45, 7) is 4.35. The number of nitrogens with zero attached hydrogens (tertiary/aromatic N) is 3. The van der Waals surface area contributed by atoms with Crippen molar-refractivity contribution in [2.75, 3.05) is 20.2 Å². The number of esters is 1. The van der Waals surface area contributed by atoms with Crippen molar-refractivity contribution in [2.24, 2.45) is 12.0 Å². The first kappa shape index (κ1) is 22.7. The van der Waals surface area contributed by atoms with Gasteiger partial charge in [0.05, 0.1) is 19.3 Å². The van der Waals surface area contributed by atoms with Gasteiger partial charge in [-0.15, -0.1) is 24.0 Å². The summed E-state index contributed by atoms with van der Waals surface area (Å²) in [6, 6.07) is 1.97. The van der Waals surface area contributed by atoms with Gasteiger partial charge in [0, 0.05) is 32.8 Å². The van der Waals surface area contributed by atoms with Crippen LogP contribution in [0, 0.1) is 0 Å². The fraction of sp³-hybridized carbons (Fsp3) is 0.688. The van der Waals surface area contributed by atoms with Gasteiger partial charge < -0.3 is 15.4 Å². The largest absolute Gasteiger partial charge is 0.469 e. The number of hydrogen-bond donors (Lipinski definition) is 2. The molecule has 0 atom stereocenters. The number of carbonyl (C=O) groups is 1. The van der Waals surface area contributed by atoms with E-state index in [-0.39, 0.29) is 29.9 Å². The lowest BCUT2D eigenvalue weighted by molar-refractivity contribution is -0.140. The second-order valence-corrected chi connectivity index (χ2v) is 5.31. The molecule has 24 heavy (non-hydrogen) atoms. The van der Waals surface area contributed by atoms with E-state index in [0.717, 1.165) is 50.4 Å². The summed E-state index contributed by atoms with van der Waals surface area (Å²) in [5.74, 6) is 0.697. The van der Waals surface area contributed by atoms with Crippen molar-refractivity contribution >= 4 is 35.9 Å². The Labute approximate surface area is 161 Å². The third-order valence-electron chi connectivity index (χ3n) is 3.49. The number of halogens is 1. The third-order valence-corrected chi connectivity index (χ3v) is 3.49. The number of methoxy groups -OCH3 is 1. The van der Waals surface area contributed by atoms with E-state index in [4.69, 9.17) is 0 Å². The van der Waals surface area contributed by atoms with E-state index in [0.29, 0.717) is 13.0 Å². The molecule has 0 saturated carbocycles. The molecular formula is C16H30IN5O2. The fourth-order valence-electron chi connectivity index (χ4n) is 2.11. The maximum absolute atomic E-state index is 11.0. The summed E-state index contributed by atoms with van der Waals surface area (Å²) in [7, 11) is 3.35. The van der Waals surface area contributed by atoms with Crippen molar-refractivity contribution in [1.82, 2.24) is 20.4 Å². The Morgan fingerprint density at radius 1 is 1.29 bits per heavy atom. The number of aliphatic imine (C=N–C) groups is 1. The van der Waals surface area contributed by atoms with Gasteiger partial charge in [-0.2, -0.15) is 5.10 Å². The van der Waals surface area contributed by atoms with Crippen molar-refractivity contribution in [3.63, 3.8) is 0 Å². The summed E-state index contributed by atoms with van der Waals surface area (Å²) in [5, 5.41) is 10.7. The predicted molar refractivity (Wildman–Crippen MR) is 107 cm³/mol. The van der Waals surface area contributed by atoms with Gasteiger partial charge in [-0.05, 0) is 25.8 Å². The van der Waals surface area contributed by atoms with Gasteiger partial charge in [0.2, 0.25) is 0 Å². The van der Waals surface area contributed by atoms with Crippen LogP contribution in [-0.2, 0) is 23.1 Å². The minimum absolute atomic E-state index is 0. The number of ether oxygens (including phenoxy) is 1. The highest BCUT2D eigenvalue weighted by molar-refractivity contribution is 14.0. The van der Waals surface area contributed by atoms with Crippen LogP contribution in [0.3, 0.4) is 0 Å². The van der Waals surface area contributed by atoms with Gasteiger partial charge in [-0.3, -0.25) is 9.48 Å². The molecule has 0 amide bonds. The number of guanidine groups is 1. The molecule has 0 fully saturated rings. The zero-order chi connectivity index (χ0) is 16.9. The van der Waals surface area contributed by atoms with Crippen molar-refractivity contribution < 1.29 is 9.53 Å². The molecule has 0 bridgehead atoms. The highest BCUT2D eigenvalue weighted by Crippen LogP contribution is 2.03. The Hall–Kier alpha value is -1.32. The molecule has 0 aromatic carbocycles. The molecule has 0 aliphatic rings. The second-order valence-electron chi connectivity index (χ2n) is 5.31. The minimum atomic E-state index is -0.125. The molecule has 1 aromatic rings. The molecule has 7 nitrogen and oxygen atoms in total. The van der Waals surface area contributed by atoms with Crippen molar-refractivity contribution in [2.45, 2.75) is 45.6 Å². The Balaban J connectivity index is 0.00000529. The molecule has 1 aromatic heterocycles. The van der Waals surface area contributed by atoms with Crippen LogP contribution < -0.4 is 10.6 Å². The van der Waals surface area contributed by atoms with Crippen LogP contribution in [0.15, 0.2) is 17.3 Å². The van der Waals surface area contributed by atoms with Crippen molar-refractivity contribution in [3.8, 4) is 0 Å². The topological polar surface area (TPSA) is 80.5 Å². The smallest absolute Gasteiger partial charge is 0.305 e. The molecule has 0 spiro atoms. The second kappa shape index (κ2) is 14.1. The first-order valence-electron chi connectivity index (χ1n) is 8.23. The van der Waals surface area contributed by atoms with Crippen LogP contribution in [0.1, 0.15) is 44.7 Å². The van der Waals surface area contributed by atoms with E-state index in [1.165, 1.54) is 7.11 Å². The van der Waals surface area contributed by atoms with Crippen LogP contribution in [0.5, 0.6) is 0 Å². The SMILES string of the molecule is CCNC(=NCc1ccnn1C)NCCCCCCC(=O)OC.I.